The van der Waals surface area contributed by atoms with Gasteiger partial charge in [-0.2, -0.15) is 0 Å². The standard InChI is InChI=1S/C7H9N3O2/c8-5-1-2-6(9-3-5)10-7(12)4-11/h1-3,11H,4,8H2,(H,9,10,12). The molecule has 5 nitrogen and oxygen atoms in total. The van der Waals surface area contributed by atoms with Crippen molar-refractivity contribution in [3.8, 4) is 0 Å². The Balaban J connectivity index is 2.64. The maximum atomic E-state index is 10.6. The highest BCUT2D eigenvalue weighted by Gasteiger charge is 1.99. The fraction of sp³-hybridized carbons (Fsp3) is 0.143. The zero-order chi connectivity index (χ0) is 8.97. The SMILES string of the molecule is Nc1ccc(NC(=O)CO)nc1. The summed E-state index contributed by atoms with van der Waals surface area (Å²) in [6.07, 6.45) is 1.42. The second-order valence-electron chi connectivity index (χ2n) is 2.18. The number of nitrogens with two attached hydrogens (primary N) is 1. The minimum absolute atomic E-state index is 0.378. The molecule has 1 heterocycles. The maximum absolute atomic E-state index is 10.6. The first kappa shape index (κ1) is 8.48. The molecule has 0 fully saturated rings. The van der Waals surface area contributed by atoms with Gasteiger partial charge in [-0.05, 0) is 12.1 Å². The lowest BCUT2D eigenvalue weighted by Gasteiger charge is -2.00. The molecule has 0 spiro atoms. The first-order valence-electron chi connectivity index (χ1n) is 3.34. The number of carbonyl (C=O) groups is 1. The Kier molecular flexibility index (Phi) is 2.60. The average molecular weight is 167 g/mol. The van der Waals surface area contributed by atoms with Crippen LogP contribution in [0.5, 0.6) is 0 Å². The highest BCUT2D eigenvalue weighted by molar-refractivity contribution is 5.90. The number of nitrogen functional groups attached to an aromatic ring is 1. The molecule has 0 saturated heterocycles. The summed E-state index contributed by atoms with van der Waals surface area (Å²) in [5.41, 5.74) is 5.89. The zero-order valence-corrected chi connectivity index (χ0v) is 6.32. The molecule has 0 bridgehead atoms. The Bertz CT molecular complexity index is 270. The monoisotopic (exact) mass is 167 g/mol. The van der Waals surface area contributed by atoms with Crippen molar-refractivity contribution >= 4 is 17.4 Å². The van der Waals surface area contributed by atoms with Gasteiger partial charge < -0.3 is 16.2 Å². The molecule has 0 aliphatic heterocycles. The molecule has 4 N–H and O–H groups in total. The number of nitrogens with zero attached hydrogens (tertiary/aromatic N) is 1. The lowest BCUT2D eigenvalue weighted by atomic mass is 10.4. The summed E-state index contributed by atoms with van der Waals surface area (Å²) >= 11 is 0. The molecule has 1 aromatic heterocycles. The van der Waals surface area contributed by atoms with E-state index in [4.69, 9.17) is 10.8 Å². The number of rotatable bonds is 2. The predicted octanol–water partition coefficient (Wildman–Crippen LogP) is -0.405. The van der Waals surface area contributed by atoms with Crippen molar-refractivity contribution in [2.45, 2.75) is 0 Å². The van der Waals surface area contributed by atoms with Crippen LogP contribution < -0.4 is 11.1 Å². The third-order valence-electron chi connectivity index (χ3n) is 1.20. The third kappa shape index (κ3) is 2.21. The molecule has 0 aliphatic rings. The molecule has 0 atom stereocenters. The van der Waals surface area contributed by atoms with E-state index >= 15 is 0 Å². The number of hydrogen-bond acceptors (Lipinski definition) is 4. The summed E-state index contributed by atoms with van der Waals surface area (Å²) in [7, 11) is 0. The number of nitrogens with one attached hydrogen (secondary N) is 1. The van der Waals surface area contributed by atoms with Gasteiger partial charge in [0.15, 0.2) is 0 Å². The van der Waals surface area contributed by atoms with Gasteiger partial charge in [0, 0.05) is 0 Å². The molecule has 64 valence electrons. The van der Waals surface area contributed by atoms with E-state index in [0.29, 0.717) is 11.5 Å². The van der Waals surface area contributed by atoms with Crippen molar-refractivity contribution in [2.75, 3.05) is 17.7 Å². The van der Waals surface area contributed by atoms with Gasteiger partial charge in [0.1, 0.15) is 12.4 Å². The minimum atomic E-state index is -0.550. The average Bonchev–Trinajstić information content (AvgIpc) is 2.09. The van der Waals surface area contributed by atoms with E-state index in [1.807, 2.05) is 0 Å². The van der Waals surface area contributed by atoms with Crippen LogP contribution in [0.25, 0.3) is 0 Å². The lowest BCUT2D eigenvalue weighted by molar-refractivity contribution is -0.118. The van der Waals surface area contributed by atoms with E-state index in [0.717, 1.165) is 0 Å². The summed E-state index contributed by atoms with van der Waals surface area (Å²) in [5, 5.41) is 10.7. The molecule has 0 radical (unpaired) electrons. The molecular weight excluding hydrogens is 158 g/mol. The van der Waals surface area contributed by atoms with Gasteiger partial charge >= 0.3 is 0 Å². The number of amides is 1. The zero-order valence-electron chi connectivity index (χ0n) is 6.32. The Morgan fingerprint density at radius 3 is 2.92 bits per heavy atom. The van der Waals surface area contributed by atoms with Crippen molar-refractivity contribution in [1.29, 1.82) is 0 Å². The van der Waals surface area contributed by atoms with Gasteiger partial charge in [0.2, 0.25) is 0 Å². The summed E-state index contributed by atoms with van der Waals surface area (Å²) < 4.78 is 0. The van der Waals surface area contributed by atoms with Gasteiger partial charge in [-0.15, -0.1) is 0 Å². The normalized spacial score (nSPS) is 9.42. The number of carbonyl (C=O) groups excluding carboxylic acids is 1. The van der Waals surface area contributed by atoms with Crippen LogP contribution in [0.15, 0.2) is 18.3 Å². The Morgan fingerprint density at radius 1 is 1.67 bits per heavy atom. The fourth-order valence-electron chi connectivity index (χ4n) is 0.662. The lowest BCUT2D eigenvalue weighted by Crippen LogP contribution is -2.16. The van der Waals surface area contributed by atoms with Crippen molar-refractivity contribution < 1.29 is 9.90 Å². The first-order chi connectivity index (χ1) is 5.72. The number of aliphatic hydroxyl groups excluding tert-OH is 1. The largest absolute Gasteiger partial charge is 0.397 e. The smallest absolute Gasteiger partial charge is 0.251 e. The molecule has 0 saturated carbocycles. The Hall–Kier alpha value is -1.62. The summed E-state index contributed by atoms with van der Waals surface area (Å²) in [6.45, 7) is -0.550. The molecule has 5 heteroatoms. The number of anilines is 2. The van der Waals surface area contributed by atoms with Crippen molar-refractivity contribution in [2.24, 2.45) is 0 Å². The number of pyridine rings is 1. The van der Waals surface area contributed by atoms with Crippen molar-refractivity contribution in [3.63, 3.8) is 0 Å². The van der Waals surface area contributed by atoms with E-state index in [1.54, 1.807) is 12.1 Å². The van der Waals surface area contributed by atoms with Crippen LogP contribution in [0, 0.1) is 0 Å². The third-order valence-corrected chi connectivity index (χ3v) is 1.20. The van der Waals surface area contributed by atoms with Gasteiger partial charge in [0.25, 0.3) is 5.91 Å². The second-order valence-corrected chi connectivity index (χ2v) is 2.18. The van der Waals surface area contributed by atoms with Crippen molar-refractivity contribution in [3.05, 3.63) is 18.3 Å². The van der Waals surface area contributed by atoms with Gasteiger partial charge in [-0.25, -0.2) is 4.98 Å². The highest BCUT2D eigenvalue weighted by Crippen LogP contribution is 2.04. The van der Waals surface area contributed by atoms with Crippen LogP contribution in [0.1, 0.15) is 0 Å². The van der Waals surface area contributed by atoms with E-state index in [2.05, 4.69) is 10.3 Å². The molecule has 1 amide bonds. The molecule has 1 rings (SSSR count). The topological polar surface area (TPSA) is 88.2 Å². The van der Waals surface area contributed by atoms with Gasteiger partial charge in [-0.3, -0.25) is 4.79 Å². The van der Waals surface area contributed by atoms with Gasteiger partial charge in [0.05, 0.1) is 11.9 Å². The number of hydrogen-bond donors (Lipinski definition) is 3. The quantitative estimate of drug-likeness (QED) is 0.559. The molecule has 0 aliphatic carbocycles. The van der Waals surface area contributed by atoms with E-state index in [9.17, 15) is 4.79 Å². The summed E-state index contributed by atoms with van der Waals surface area (Å²) in [4.78, 5) is 14.4. The maximum Gasteiger partial charge on any atom is 0.251 e. The molecular formula is C7H9N3O2. The molecule has 12 heavy (non-hydrogen) atoms. The molecule has 1 aromatic rings. The fourth-order valence-corrected chi connectivity index (χ4v) is 0.662. The van der Waals surface area contributed by atoms with Crippen LogP contribution in [-0.2, 0) is 4.79 Å². The first-order valence-corrected chi connectivity index (χ1v) is 3.34. The van der Waals surface area contributed by atoms with Crippen LogP contribution in [0.2, 0.25) is 0 Å². The van der Waals surface area contributed by atoms with E-state index in [-0.39, 0.29) is 0 Å². The second kappa shape index (κ2) is 3.68. The number of aliphatic hydroxyl groups is 1. The van der Waals surface area contributed by atoms with Gasteiger partial charge in [-0.1, -0.05) is 0 Å². The van der Waals surface area contributed by atoms with Crippen LogP contribution in [0.4, 0.5) is 11.5 Å². The number of aromatic nitrogens is 1. The minimum Gasteiger partial charge on any atom is -0.397 e. The molecule has 0 aromatic carbocycles. The predicted molar refractivity (Wildman–Crippen MR) is 44.4 cm³/mol. The van der Waals surface area contributed by atoms with Crippen LogP contribution in [-0.4, -0.2) is 22.6 Å². The van der Waals surface area contributed by atoms with Crippen LogP contribution >= 0.6 is 0 Å². The Morgan fingerprint density at radius 2 is 2.42 bits per heavy atom. The highest BCUT2D eigenvalue weighted by atomic mass is 16.3. The summed E-state index contributed by atoms with van der Waals surface area (Å²) in [6, 6.07) is 3.17. The van der Waals surface area contributed by atoms with E-state index in [1.165, 1.54) is 6.20 Å². The summed E-state index contributed by atoms with van der Waals surface area (Å²) in [5.74, 6) is -0.115. The van der Waals surface area contributed by atoms with Crippen molar-refractivity contribution in [1.82, 2.24) is 4.98 Å². The van der Waals surface area contributed by atoms with E-state index < -0.39 is 12.5 Å². The Labute approximate surface area is 69.2 Å². The van der Waals surface area contributed by atoms with Crippen LogP contribution in [0.3, 0.4) is 0 Å². The molecule has 0 unspecified atom stereocenters.